The third-order valence-electron chi connectivity index (χ3n) is 3.89. The van der Waals surface area contributed by atoms with Crippen LogP contribution in [-0.4, -0.2) is 31.1 Å². The molecule has 0 aromatic heterocycles. The Morgan fingerprint density at radius 1 is 1.26 bits per heavy atom. The summed E-state index contributed by atoms with van der Waals surface area (Å²) in [6.07, 6.45) is 2.42. The van der Waals surface area contributed by atoms with Crippen LogP contribution in [0.5, 0.6) is 0 Å². The Bertz CT molecular complexity index is 368. The summed E-state index contributed by atoms with van der Waals surface area (Å²) in [6, 6.07) is 9.04. The van der Waals surface area contributed by atoms with Gasteiger partial charge >= 0.3 is 0 Å². The van der Waals surface area contributed by atoms with Gasteiger partial charge in [-0.05, 0) is 58.5 Å². The van der Waals surface area contributed by atoms with Crippen molar-refractivity contribution in [1.29, 1.82) is 0 Å². The Morgan fingerprint density at radius 2 is 1.95 bits per heavy atom. The van der Waals surface area contributed by atoms with Crippen molar-refractivity contribution in [3.63, 3.8) is 0 Å². The van der Waals surface area contributed by atoms with E-state index >= 15 is 0 Å². The molecule has 0 aliphatic rings. The molecular formula is C16H27ClN2. The van der Waals surface area contributed by atoms with Crippen LogP contribution in [0.4, 0.5) is 0 Å². The fourth-order valence-electron chi connectivity index (χ4n) is 2.32. The Balaban J connectivity index is 2.52. The summed E-state index contributed by atoms with van der Waals surface area (Å²) in [5, 5.41) is 4.24. The summed E-state index contributed by atoms with van der Waals surface area (Å²) >= 11 is 6.28. The van der Waals surface area contributed by atoms with Gasteiger partial charge in [0.05, 0.1) is 0 Å². The van der Waals surface area contributed by atoms with Crippen LogP contribution in [0.2, 0.25) is 5.02 Å². The van der Waals surface area contributed by atoms with Crippen molar-refractivity contribution in [2.45, 2.75) is 45.7 Å². The van der Waals surface area contributed by atoms with Crippen molar-refractivity contribution < 1.29 is 0 Å². The van der Waals surface area contributed by atoms with Crippen LogP contribution in [-0.2, 0) is 0 Å². The van der Waals surface area contributed by atoms with E-state index in [0.717, 1.165) is 18.1 Å². The fourth-order valence-corrected chi connectivity index (χ4v) is 2.61. The van der Waals surface area contributed by atoms with E-state index in [1.165, 1.54) is 18.4 Å². The first-order valence-corrected chi connectivity index (χ1v) is 7.62. The Hall–Kier alpha value is -0.570. The van der Waals surface area contributed by atoms with Crippen LogP contribution < -0.4 is 5.32 Å². The second-order valence-corrected chi connectivity index (χ2v) is 5.61. The van der Waals surface area contributed by atoms with Gasteiger partial charge in [-0.25, -0.2) is 0 Å². The van der Waals surface area contributed by atoms with Crippen LogP contribution in [0.3, 0.4) is 0 Å². The first-order chi connectivity index (χ1) is 9.07. The van der Waals surface area contributed by atoms with Gasteiger partial charge in [-0.2, -0.15) is 0 Å². The van der Waals surface area contributed by atoms with Crippen molar-refractivity contribution in [3.05, 3.63) is 34.9 Å². The predicted molar refractivity (Wildman–Crippen MR) is 84.9 cm³/mol. The molecule has 0 fully saturated rings. The van der Waals surface area contributed by atoms with Crippen LogP contribution in [0, 0.1) is 0 Å². The zero-order chi connectivity index (χ0) is 14.3. The molecule has 0 saturated carbocycles. The van der Waals surface area contributed by atoms with Gasteiger partial charge in [-0.3, -0.25) is 4.90 Å². The summed E-state index contributed by atoms with van der Waals surface area (Å²) in [6.45, 7) is 8.83. The monoisotopic (exact) mass is 282 g/mol. The summed E-state index contributed by atoms with van der Waals surface area (Å²) in [5.41, 5.74) is 1.21. The molecule has 19 heavy (non-hydrogen) atoms. The number of hydrogen-bond donors (Lipinski definition) is 1. The van der Waals surface area contributed by atoms with E-state index in [9.17, 15) is 0 Å². The number of benzene rings is 1. The molecule has 0 aliphatic heterocycles. The van der Waals surface area contributed by atoms with Crippen LogP contribution in [0.15, 0.2) is 24.3 Å². The molecule has 0 bridgehead atoms. The first-order valence-electron chi connectivity index (χ1n) is 7.25. The molecule has 1 rings (SSSR count). The number of nitrogens with zero attached hydrogens (tertiary/aromatic N) is 1. The smallest absolute Gasteiger partial charge is 0.0453 e. The summed E-state index contributed by atoms with van der Waals surface area (Å²) < 4.78 is 0. The molecule has 3 heteroatoms. The maximum atomic E-state index is 6.28. The molecule has 0 aliphatic carbocycles. The highest BCUT2D eigenvalue weighted by Gasteiger charge is 2.18. The quantitative estimate of drug-likeness (QED) is 0.722. The number of hydrogen-bond acceptors (Lipinski definition) is 2. The largest absolute Gasteiger partial charge is 0.317 e. The molecule has 0 radical (unpaired) electrons. The van der Waals surface area contributed by atoms with E-state index in [0.29, 0.717) is 12.1 Å². The molecule has 0 saturated heterocycles. The second kappa shape index (κ2) is 8.57. The third kappa shape index (κ3) is 5.13. The average molecular weight is 283 g/mol. The number of nitrogens with one attached hydrogen (secondary N) is 1. The highest BCUT2D eigenvalue weighted by molar-refractivity contribution is 6.31. The fraction of sp³-hybridized carbons (Fsp3) is 0.625. The second-order valence-electron chi connectivity index (χ2n) is 5.21. The molecule has 0 heterocycles. The standard InChI is InChI=1S/C16H27ClN2/c1-5-18-12-8-9-13(2)19(4)14(3)15-10-6-7-11-16(15)17/h6-7,10-11,13-14,18H,5,8-9,12H2,1-4H3. The van der Waals surface area contributed by atoms with Crippen molar-refractivity contribution in [3.8, 4) is 0 Å². The average Bonchev–Trinajstić information content (AvgIpc) is 2.42. The van der Waals surface area contributed by atoms with Crippen molar-refractivity contribution in [1.82, 2.24) is 10.2 Å². The van der Waals surface area contributed by atoms with Crippen molar-refractivity contribution in [2.24, 2.45) is 0 Å². The highest BCUT2D eigenvalue weighted by atomic mass is 35.5. The highest BCUT2D eigenvalue weighted by Crippen LogP contribution is 2.28. The lowest BCUT2D eigenvalue weighted by Crippen LogP contribution is -2.32. The van der Waals surface area contributed by atoms with E-state index in [4.69, 9.17) is 11.6 Å². The Kier molecular flexibility index (Phi) is 7.44. The van der Waals surface area contributed by atoms with E-state index in [-0.39, 0.29) is 0 Å². The molecule has 1 N–H and O–H groups in total. The molecule has 2 atom stereocenters. The molecule has 0 spiro atoms. The zero-order valence-corrected chi connectivity index (χ0v) is 13.4. The van der Waals surface area contributed by atoms with Gasteiger partial charge in [0.2, 0.25) is 0 Å². The number of rotatable bonds is 8. The third-order valence-corrected chi connectivity index (χ3v) is 4.23. The Labute approximate surface area is 123 Å². The first kappa shape index (κ1) is 16.5. The molecule has 108 valence electrons. The van der Waals surface area contributed by atoms with Gasteiger partial charge in [-0.15, -0.1) is 0 Å². The van der Waals surface area contributed by atoms with Crippen molar-refractivity contribution >= 4 is 11.6 Å². The number of halogens is 1. The van der Waals surface area contributed by atoms with E-state index in [2.05, 4.69) is 50.2 Å². The maximum Gasteiger partial charge on any atom is 0.0453 e. The predicted octanol–water partition coefficient (Wildman–Crippen LogP) is 4.11. The lowest BCUT2D eigenvalue weighted by molar-refractivity contribution is 0.186. The molecule has 1 aromatic carbocycles. The maximum absolute atomic E-state index is 6.28. The summed E-state index contributed by atoms with van der Waals surface area (Å²) in [4.78, 5) is 2.41. The lowest BCUT2D eigenvalue weighted by atomic mass is 10.0. The molecule has 1 aromatic rings. The molecule has 2 unspecified atom stereocenters. The van der Waals surface area contributed by atoms with Gasteiger partial charge in [0.1, 0.15) is 0 Å². The van der Waals surface area contributed by atoms with Crippen LogP contribution in [0.25, 0.3) is 0 Å². The molecule has 0 amide bonds. The topological polar surface area (TPSA) is 15.3 Å². The zero-order valence-electron chi connectivity index (χ0n) is 12.6. The van der Waals surface area contributed by atoms with E-state index in [1.54, 1.807) is 0 Å². The van der Waals surface area contributed by atoms with Crippen LogP contribution in [0.1, 0.15) is 45.2 Å². The molecular weight excluding hydrogens is 256 g/mol. The van der Waals surface area contributed by atoms with Gasteiger partial charge in [0.15, 0.2) is 0 Å². The Morgan fingerprint density at radius 3 is 2.58 bits per heavy atom. The van der Waals surface area contributed by atoms with E-state index < -0.39 is 0 Å². The summed E-state index contributed by atoms with van der Waals surface area (Å²) in [7, 11) is 2.19. The summed E-state index contributed by atoms with van der Waals surface area (Å²) in [5.74, 6) is 0. The molecule has 2 nitrogen and oxygen atoms in total. The van der Waals surface area contributed by atoms with E-state index in [1.807, 2.05) is 12.1 Å². The minimum absolute atomic E-state index is 0.350. The minimum Gasteiger partial charge on any atom is -0.317 e. The van der Waals surface area contributed by atoms with Gasteiger partial charge in [0, 0.05) is 17.1 Å². The van der Waals surface area contributed by atoms with Gasteiger partial charge in [-0.1, -0.05) is 36.7 Å². The normalized spacial score (nSPS) is 14.6. The van der Waals surface area contributed by atoms with Crippen LogP contribution >= 0.6 is 11.6 Å². The SMILES string of the molecule is CCNCCCC(C)N(C)C(C)c1ccccc1Cl. The van der Waals surface area contributed by atoms with Gasteiger partial charge in [0.25, 0.3) is 0 Å². The van der Waals surface area contributed by atoms with Gasteiger partial charge < -0.3 is 5.32 Å². The van der Waals surface area contributed by atoms with Crippen molar-refractivity contribution in [2.75, 3.05) is 20.1 Å². The minimum atomic E-state index is 0.350. The lowest BCUT2D eigenvalue weighted by Gasteiger charge is -2.31.